The van der Waals surface area contributed by atoms with E-state index >= 15 is 0 Å². The van der Waals surface area contributed by atoms with Crippen LogP contribution in [0.25, 0.3) is 0 Å². The number of unbranched alkanes of at least 4 members (excludes halogenated alkanes) is 3. The average molecular weight is 260 g/mol. The molecule has 0 aromatic rings. The van der Waals surface area contributed by atoms with Crippen molar-refractivity contribution in [1.82, 2.24) is 0 Å². The minimum Gasteiger partial charge on any atom is -0.402 e. The Hall–Kier alpha value is 0.137. The Labute approximate surface area is 111 Å². The summed E-state index contributed by atoms with van der Waals surface area (Å²) in [6.07, 6.45) is 11.3. The Morgan fingerprint density at radius 3 is 1.53 bits per heavy atom. The number of hydrogen-bond acceptors (Lipinski definition) is 2. The Balaban J connectivity index is 4.39. The van der Waals surface area contributed by atoms with Gasteiger partial charge in [0, 0.05) is 7.11 Å². The van der Waals surface area contributed by atoms with Crippen molar-refractivity contribution in [1.29, 1.82) is 0 Å². The molecule has 0 spiro atoms. The molecule has 0 heterocycles. The van der Waals surface area contributed by atoms with E-state index in [1.807, 2.05) is 0 Å². The lowest BCUT2D eigenvalue weighted by atomic mass is 9.86. The van der Waals surface area contributed by atoms with Crippen molar-refractivity contribution in [2.45, 2.75) is 84.2 Å². The molecule has 0 unspecified atom stereocenters. The smallest absolute Gasteiger partial charge is 0.304 e. The van der Waals surface area contributed by atoms with Crippen LogP contribution in [0, 0.1) is 0 Å². The molecule has 0 aromatic heterocycles. The fraction of sp³-hybridized carbons (Fsp3) is 1.00. The second-order valence-electron chi connectivity index (χ2n) is 5.04. The van der Waals surface area contributed by atoms with Gasteiger partial charge in [0.25, 0.3) is 0 Å². The third kappa shape index (κ3) is 7.95. The van der Waals surface area contributed by atoms with E-state index in [9.17, 15) is 0 Å². The topological polar surface area (TPSA) is 18.5 Å². The molecule has 0 aliphatic rings. The van der Waals surface area contributed by atoms with Crippen molar-refractivity contribution in [3.63, 3.8) is 0 Å². The van der Waals surface area contributed by atoms with Gasteiger partial charge < -0.3 is 8.85 Å². The fourth-order valence-electron chi connectivity index (χ4n) is 2.27. The second-order valence-corrected chi connectivity index (χ2v) is 6.15. The highest BCUT2D eigenvalue weighted by atomic mass is 28.3. The van der Waals surface area contributed by atoms with E-state index in [0.29, 0.717) is 0 Å². The SMILES string of the molecule is CCCCC(CCCC)(CCCC)O[SiH2]OC. The van der Waals surface area contributed by atoms with E-state index in [1.54, 1.807) is 7.11 Å². The third-order valence-corrected chi connectivity index (χ3v) is 4.41. The first-order valence-electron chi connectivity index (χ1n) is 7.37. The Kier molecular flexibility index (Phi) is 11.3. The Bertz CT molecular complexity index is 125. The van der Waals surface area contributed by atoms with Gasteiger partial charge in [-0.3, -0.25) is 0 Å². The number of rotatable bonds is 12. The molecular formula is C14H32O2Si. The van der Waals surface area contributed by atoms with Crippen molar-refractivity contribution < 1.29 is 8.85 Å². The molecule has 17 heavy (non-hydrogen) atoms. The van der Waals surface area contributed by atoms with E-state index in [0.717, 1.165) is 0 Å². The Morgan fingerprint density at radius 2 is 1.24 bits per heavy atom. The maximum absolute atomic E-state index is 6.20. The molecule has 3 heteroatoms. The van der Waals surface area contributed by atoms with Gasteiger partial charge in [0.2, 0.25) is 0 Å². The van der Waals surface area contributed by atoms with Crippen LogP contribution in [-0.2, 0) is 8.85 Å². The van der Waals surface area contributed by atoms with Gasteiger partial charge in [-0.15, -0.1) is 0 Å². The highest BCUT2D eigenvalue weighted by Gasteiger charge is 2.28. The first-order chi connectivity index (χ1) is 8.24. The summed E-state index contributed by atoms with van der Waals surface area (Å²) in [6, 6.07) is 0. The minimum atomic E-state index is -0.766. The van der Waals surface area contributed by atoms with Gasteiger partial charge >= 0.3 is 10.0 Å². The predicted molar refractivity (Wildman–Crippen MR) is 77.9 cm³/mol. The fourth-order valence-corrected chi connectivity index (χ4v) is 3.07. The molecule has 0 N–H and O–H groups in total. The molecule has 104 valence electrons. The maximum Gasteiger partial charge on any atom is 0.304 e. The largest absolute Gasteiger partial charge is 0.402 e. The highest BCUT2D eigenvalue weighted by molar-refractivity contribution is 6.18. The number of hydrogen-bond donors (Lipinski definition) is 0. The van der Waals surface area contributed by atoms with Crippen molar-refractivity contribution in [3.8, 4) is 0 Å². The third-order valence-electron chi connectivity index (χ3n) is 3.44. The van der Waals surface area contributed by atoms with Crippen molar-refractivity contribution in [3.05, 3.63) is 0 Å². The average Bonchev–Trinajstić information content (AvgIpc) is 2.37. The molecule has 0 radical (unpaired) electrons. The highest BCUT2D eigenvalue weighted by Crippen LogP contribution is 2.31. The van der Waals surface area contributed by atoms with Gasteiger partial charge in [0.15, 0.2) is 0 Å². The first-order valence-corrected chi connectivity index (χ1v) is 8.53. The van der Waals surface area contributed by atoms with Crippen molar-refractivity contribution >= 4 is 10.0 Å². The lowest BCUT2D eigenvalue weighted by molar-refractivity contribution is 0.0207. The molecule has 0 atom stereocenters. The normalized spacial score (nSPS) is 12.7. The summed E-state index contributed by atoms with van der Waals surface area (Å²) < 4.78 is 11.5. The Morgan fingerprint density at radius 1 is 0.824 bits per heavy atom. The molecule has 0 bridgehead atoms. The molecule has 0 fully saturated rings. The van der Waals surface area contributed by atoms with Crippen molar-refractivity contribution in [2.24, 2.45) is 0 Å². The van der Waals surface area contributed by atoms with Crippen LogP contribution in [0.1, 0.15) is 78.6 Å². The zero-order chi connectivity index (χ0) is 13.0. The summed E-state index contributed by atoms with van der Waals surface area (Å²) in [4.78, 5) is 0. The molecule has 0 aromatic carbocycles. The predicted octanol–water partition coefficient (Wildman–Crippen LogP) is 3.96. The lowest BCUT2D eigenvalue weighted by Crippen LogP contribution is -2.35. The lowest BCUT2D eigenvalue weighted by Gasteiger charge is -2.34. The van der Waals surface area contributed by atoms with Gasteiger partial charge in [-0.05, 0) is 19.3 Å². The monoisotopic (exact) mass is 260 g/mol. The summed E-state index contributed by atoms with van der Waals surface area (Å²) in [5.41, 5.74) is 0.143. The molecule has 0 amide bonds. The molecule has 2 nitrogen and oxygen atoms in total. The summed E-state index contributed by atoms with van der Waals surface area (Å²) in [7, 11) is 1.01. The van der Waals surface area contributed by atoms with E-state index in [1.165, 1.54) is 57.8 Å². The van der Waals surface area contributed by atoms with Gasteiger partial charge in [-0.2, -0.15) is 0 Å². The molecule has 0 aliphatic carbocycles. The van der Waals surface area contributed by atoms with Gasteiger partial charge in [-0.1, -0.05) is 59.3 Å². The molecule has 0 saturated heterocycles. The quantitative estimate of drug-likeness (QED) is 0.495. The van der Waals surface area contributed by atoms with Crippen LogP contribution in [-0.4, -0.2) is 22.7 Å². The van der Waals surface area contributed by atoms with Crippen LogP contribution in [0.3, 0.4) is 0 Å². The second kappa shape index (κ2) is 11.2. The van der Waals surface area contributed by atoms with E-state index in [-0.39, 0.29) is 5.60 Å². The van der Waals surface area contributed by atoms with Crippen LogP contribution in [0.2, 0.25) is 0 Å². The van der Waals surface area contributed by atoms with Crippen LogP contribution >= 0.6 is 0 Å². The summed E-state index contributed by atoms with van der Waals surface area (Å²) in [5.74, 6) is 0. The zero-order valence-corrected chi connectivity index (χ0v) is 13.8. The van der Waals surface area contributed by atoms with Gasteiger partial charge in [-0.25, -0.2) is 0 Å². The molecule has 0 rings (SSSR count). The van der Waals surface area contributed by atoms with Crippen molar-refractivity contribution in [2.75, 3.05) is 7.11 Å². The maximum atomic E-state index is 6.20. The summed E-state index contributed by atoms with van der Waals surface area (Å²) >= 11 is 0. The standard InChI is InChI=1S/C14H32O2Si/c1-5-8-11-14(12-9-6-2,13-10-7-3)16-17-15-4/h5-13,17H2,1-4H3. The molecule has 0 aliphatic heterocycles. The van der Waals surface area contributed by atoms with Gasteiger partial charge in [0.1, 0.15) is 0 Å². The van der Waals surface area contributed by atoms with Crippen LogP contribution in [0.5, 0.6) is 0 Å². The summed E-state index contributed by atoms with van der Waals surface area (Å²) in [5, 5.41) is 0. The van der Waals surface area contributed by atoms with Crippen LogP contribution in [0.4, 0.5) is 0 Å². The van der Waals surface area contributed by atoms with Crippen LogP contribution in [0.15, 0.2) is 0 Å². The zero-order valence-electron chi connectivity index (χ0n) is 12.4. The first kappa shape index (κ1) is 17.1. The van der Waals surface area contributed by atoms with E-state index in [4.69, 9.17) is 8.85 Å². The van der Waals surface area contributed by atoms with Crippen LogP contribution < -0.4 is 0 Å². The van der Waals surface area contributed by atoms with E-state index < -0.39 is 10.0 Å². The van der Waals surface area contributed by atoms with E-state index in [2.05, 4.69) is 20.8 Å². The molecular weight excluding hydrogens is 228 g/mol. The minimum absolute atomic E-state index is 0.143. The van der Waals surface area contributed by atoms with Gasteiger partial charge in [0.05, 0.1) is 5.60 Å². The summed E-state index contributed by atoms with van der Waals surface area (Å²) in [6.45, 7) is 6.79. The molecule has 0 saturated carbocycles.